The molecule has 26 heavy (non-hydrogen) atoms. The van der Waals surface area contributed by atoms with E-state index in [1.54, 1.807) is 12.1 Å². The Bertz CT molecular complexity index is 970. The van der Waals surface area contributed by atoms with E-state index in [0.29, 0.717) is 5.75 Å². The molecule has 0 unspecified atom stereocenters. The largest absolute Gasteiger partial charge is 0.455 e. The van der Waals surface area contributed by atoms with Crippen LogP contribution in [-0.4, -0.2) is 11.7 Å². The summed E-state index contributed by atoms with van der Waals surface area (Å²) >= 11 is 5.59. The van der Waals surface area contributed by atoms with Crippen molar-refractivity contribution in [3.8, 4) is 11.5 Å². The monoisotopic (exact) mass is 378 g/mol. The number of ether oxygens (including phenoxy) is 1. The molecule has 0 aliphatic heterocycles. The average Bonchev–Trinajstić information content (AvgIpc) is 2.62. The van der Waals surface area contributed by atoms with E-state index in [-0.39, 0.29) is 23.2 Å². The molecule has 0 atom stereocenters. The first-order valence-electron chi connectivity index (χ1n) is 7.64. The summed E-state index contributed by atoms with van der Waals surface area (Å²) in [5, 5.41) is 1.97. The minimum atomic E-state index is -4.50. The van der Waals surface area contributed by atoms with Crippen LogP contribution in [0.5, 0.6) is 11.5 Å². The summed E-state index contributed by atoms with van der Waals surface area (Å²) in [6.45, 7) is 0. The lowest BCUT2D eigenvalue weighted by Crippen LogP contribution is -2.12. The predicted octanol–water partition coefficient (Wildman–Crippen LogP) is 5.88. The summed E-state index contributed by atoms with van der Waals surface area (Å²) in [6, 6.07) is 16.1. The molecule has 0 saturated carbocycles. The predicted molar refractivity (Wildman–Crippen MR) is 97.5 cm³/mol. The molecule has 0 amide bonds. The maximum atomic E-state index is 13.0. The summed E-state index contributed by atoms with van der Waals surface area (Å²) < 4.78 is 44.7. The van der Waals surface area contributed by atoms with Crippen LogP contribution >= 0.6 is 11.6 Å². The second-order valence-electron chi connectivity index (χ2n) is 5.53. The maximum Gasteiger partial charge on any atom is 0.416 e. The minimum absolute atomic E-state index is 0.00523. The average molecular weight is 379 g/mol. The first-order chi connectivity index (χ1) is 12.4. The number of nitrogens with zero attached hydrogens (tertiary/aromatic N) is 1. The van der Waals surface area contributed by atoms with Crippen molar-refractivity contribution in [1.29, 1.82) is 0 Å². The molecule has 0 heterocycles. The molecule has 7 heteroatoms. The van der Waals surface area contributed by atoms with Crippen molar-refractivity contribution in [2.45, 2.75) is 6.18 Å². The quantitative estimate of drug-likeness (QED) is 0.350. The van der Waals surface area contributed by atoms with E-state index in [1.807, 2.05) is 30.3 Å². The van der Waals surface area contributed by atoms with Crippen molar-refractivity contribution < 1.29 is 17.9 Å². The maximum absolute atomic E-state index is 13.0. The van der Waals surface area contributed by atoms with Crippen LogP contribution in [0.3, 0.4) is 0 Å². The minimum Gasteiger partial charge on any atom is -0.455 e. The number of nitrogens with two attached hydrogens (primary N) is 1. The van der Waals surface area contributed by atoms with Gasteiger partial charge in [-0.25, -0.2) is 4.99 Å². The van der Waals surface area contributed by atoms with Crippen LogP contribution in [0.25, 0.3) is 10.8 Å². The first kappa shape index (κ1) is 18.1. The number of rotatable bonds is 4. The van der Waals surface area contributed by atoms with Crippen LogP contribution in [0.15, 0.2) is 65.7 Å². The van der Waals surface area contributed by atoms with Gasteiger partial charge in [0.2, 0.25) is 0 Å². The fraction of sp³-hybridized carbons (Fsp3) is 0.105. The Morgan fingerprint density at radius 1 is 1.00 bits per heavy atom. The number of amidine groups is 1. The highest BCUT2D eigenvalue weighted by molar-refractivity contribution is 6.28. The number of fused-ring (bicyclic) bond motifs is 1. The number of alkyl halides is 4. The molecular weight excluding hydrogens is 365 g/mol. The van der Waals surface area contributed by atoms with E-state index in [2.05, 4.69) is 4.99 Å². The SMILES string of the molecule is NC(CCl)=Nc1cc(C(F)(F)F)ccc1Oc1ccc2ccccc2c1. The van der Waals surface area contributed by atoms with Crippen molar-refractivity contribution >= 4 is 33.9 Å². The summed E-state index contributed by atoms with van der Waals surface area (Å²) in [5.74, 6) is 0.520. The van der Waals surface area contributed by atoms with Gasteiger partial charge in [-0.15, -0.1) is 11.6 Å². The molecule has 0 aromatic heterocycles. The van der Waals surface area contributed by atoms with Crippen molar-refractivity contribution in [1.82, 2.24) is 0 Å². The molecule has 0 aliphatic carbocycles. The van der Waals surface area contributed by atoms with E-state index >= 15 is 0 Å². The van der Waals surface area contributed by atoms with Gasteiger partial charge in [0, 0.05) is 0 Å². The fourth-order valence-electron chi connectivity index (χ4n) is 2.41. The lowest BCUT2D eigenvalue weighted by Gasteiger charge is -2.13. The standard InChI is InChI=1S/C19H14ClF3N2O/c20-11-18(24)25-16-10-14(19(21,22)23)6-8-17(16)26-15-7-5-12-3-1-2-4-13(12)9-15/h1-10H,11H2,(H2,24,25). The smallest absolute Gasteiger partial charge is 0.416 e. The third-order valence-electron chi connectivity index (χ3n) is 3.64. The molecule has 0 bridgehead atoms. The van der Waals surface area contributed by atoms with E-state index in [4.69, 9.17) is 22.1 Å². The Kier molecular flexibility index (Phi) is 5.04. The Morgan fingerprint density at radius 2 is 1.73 bits per heavy atom. The molecule has 3 rings (SSSR count). The van der Waals surface area contributed by atoms with Crippen LogP contribution in [0.4, 0.5) is 18.9 Å². The van der Waals surface area contributed by atoms with Gasteiger partial charge in [-0.3, -0.25) is 0 Å². The highest BCUT2D eigenvalue weighted by Crippen LogP contribution is 2.38. The topological polar surface area (TPSA) is 47.6 Å². The molecule has 0 saturated heterocycles. The summed E-state index contributed by atoms with van der Waals surface area (Å²) in [7, 11) is 0. The van der Waals surface area contributed by atoms with E-state index in [9.17, 15) is 13.2 Å². The molecule has 3 nitrogen and oxygen atoms in total. The Balaban J connectivity index is 2.02. The molecule has 0 spiro atoms. The van der Waals surface area contributed by atoms with E-state index in [0.717, 1.165) is 22.9 Å². The first-order valence-corrected chi connectivity index (χ1v) is 8.17. The van der Waals surface area contributed by atoms with Gasteiger partial charge >= 0.3 is 6.18 Å². The molecule has 2 N–H and O–H groups in total. The number of benzene rings is 3. The number of hydrogen-bond acceptors (Lipinski definition) is 2. The second-order valence-corrected chi connectivity index (χ2v) is 5.80. The summed E-state index contributed by atoms with van der Waals surface area (Å²) in [6.07, 6.45) is -4.50. The van der Waals surface area contributed by atoms with Crippen LogP contribution in [-0.2, 0) is 6.18 Å². The van der Waals surface area contributed by atoms with Gasteiger partial charge in [-0.1, -0.05) is 30.3 Å². The Morgan fingerprint density at radius 3 is 2.42 bits per heavy atom. The zero-order valence-electron chi connectivity index (χ0n) is 13.4. The van der Waals surface area contributed by atoms with Crippen molar-refractivity contribution in [2.24, 2.45) is 10.7 Å². The van der Waals surface area contributed by atoms with Crippen LogP contribution < -0.4 is 10.5 Å². The third-order valence-corrected chi connectivity index (χ3v) is 3.91. The molecule has 3 aromatic rings. The van der Waals surface area contributed by atoms with Crippen LogP contribution in [0.2, 0.25) is 0 Å². The van der Waals surface area contributed by atoms with Crippen LogP contribution in [0.1, 0.15) is 5.56 Å². The van der Waals surface area contributed by atoms with Crippen LogP contribution in [0, 0.1) is 0 Å². The van der Waals surface area contributed by atoms with Gasteiger partial charge in [-0.2, -0.15) is 13.2 Å². The van der Waals surface area contributed by atoms with Crippen molar-refractivity contribution in [2.75, 3.05) is 5.88 Å². The van der Waals surface area contributed by atoms with Gasteiger partial charge in [0.05, 0.1) is 11.4 Å². The van der Waals surface area contributed by atoms with Gasteiger partial charge in [-0.05, 0) is 41.1 Å². The second kappa shape index (κ2) is 7.25. The molecule has 0 fully saturated rings. The molecule has 134 valence electrons. The fourth-order valence-corrected chi connectivity index (χ4v) is 2.47. The highest BCUT2D eigenvalue weighted by atomic mass is 35.5. The highest BCUT2D eigenvalue weighted by Gasteiger charge is 2.31. The van der Waals surface area contributed by atoms with Gasteiger partial charge in [0.15, 0.2) is 5.75 Å². The number of halogens is 4. The van der Waals surface area contributed by atoms with Gasteiger partial charge in [0.25, 0.3) is 0 Å². The number of hydrogen-bond donors (Lipinski definition) is 1. The zero-order valence-corrected chi connectivity index (χ0v) is 14.2. The van der Waals surface area contributed by atoms with Crippen molar-refractivity contribution in [3.63, 3.8) is 0 Å². The molecule has 0 aliphatic rings. The van der Waals surface area contributed by atoms with E-state index in [1.165, 1.54) is 6.07 Å². The normalized spacial score (nSPS) is 12.4. The van der Waals surface area contributed by atoms with Gasteiger partial charge < -0.3 is 10.5 Å². The Labute approximate surface area is 152 Å². The number of aliphatic imine (C=N–C) groups is 1. The molecule has 3 aromatic carbocycles. The summed E-state index contributed by atoms with van der Waals surface area (Å²) in [5.41, 5.74) is 4.70. The summed E-state index contributed by atoms with van der Waals surface area (Å²) in [4.78, 5) is 3.95. The molecular formula is C19H14ClF3N2O. The lowest BCUT2D eigenvalue weighted by atomic mass is 10.1. The molecule has 0 radical (unpaired) electrons. The van der Waals surface area contributed by atoms with Gasteiger partial charge in [0.1, 0.15) is 17.3 Å². The van der Waals surface area contributed by atoms with Crippen molar-refractivity contribution in [3.05, 3.63) is 66.2 Å². The zero-order chi connectivity index (χ0) is 18.7. The lowest BCUT2D eigenvalue weighted by molar-refractivity contribution is -0.137. The third kappa shape index (κ3) is 4.08. The van der Waals surface area contributed by atoms with E-state index < -0.39 is 11.7 Å². The Hall–Kier alpha value is -2.73.